The summed E-state index contributed by atoms with van der Waals surface area (Å²) in [6.07, 6.45) is 6.17. The fraction of sp³-hybridized carbons (Fsp3) is 0.588. The van der Waals surface area contributed by atoms with E-state index in [-0.39, 0.29) is 6.09 Å². The normalized spacial score (nSPS) is 20.1. The molecule has 0 aromatic heterocycles. The van der Waals surface area contributed by atoms with Crippen LogP contribution in [-0.2, 0) is 16.1 Å². The summed E-state index contributed by atoms with van der Waals surface area (Å²) in [6.45, 7) is 1.83. The lowest BCUT2D eigenvalue weighted by molar-refractivity contribution is -0.0721. The molecule has 21 heavy (non-hydrogen) atoms. The van der Waals surface area contributed by atoms with E-state index in [2.05, 4.69) is 0 Å². The van der Waals surface area contributed by atoms with Gasteiger partial charge in [0.1, 0.15) is 6.61 Å². The van der Waals surface area contributed by atoms with E-state index < -0.39 is 0 Å². The Labute approximate surface area is 126 Å². The highest BCUT2D eigenvalue weighted by Crippen LogP contribution is 2.26. The van der Waals surface area contributed by atoms with Gasteiger partial charge in [0.25, 0.3) is 0 Å². The molecule has 0 spiro atoms. The van der Waals surface area contributed by atoms with Gasteiger partial charge in [-0.1, -0.05) is 30.3 Å². The van der Waals surface area contributed by atoms with Crippen molar-refractivity contribution in [2.75, 3.05) is 13.1 Å². The number of rotatable bonds is 4. The number of nitrogens with zero attached hydrogens (tertiary/aromatic N) is 1. The average Bonchev–Trinajstić information content (AvgIpc) is 2.50. The number of ether oxygens (including phenoxy) is 2. The lowest BCUT2D eigenvalue weighted by atomic mass is 9.95. The van der Waals surface area contributed by atoms with E-state index in [4.69, 9.17) is 9.47 Å². The Morgan fingerprint density at radius 1 is 1.05 bits per heavy atom. The summed E-state index contributed by atoms with van der Waals surface area (Å²) < 4.78 is 11.4. The van der Waals surface area contributed by atoms with Crippen LogP contribution in [0.15, 0.2) is 30.3 Å². The number of piperidine rings is 1. The second-order valence-corrected chi connectivity index (χ2v) is 5.92. The Balaban J connectivity index is 1.38. The SMILES string of the molecule is O=C(OCc1ccccc1)N1CCC(OC2CCC2)CC1. The predicted octanol–water partition coefficient (Wildman–Crippen LogP) is 3.36. The summed E-state index contributed by atoms with van der Waals surface area (Å²) in [5, 5.41) is 0. The first kappa shape index (κ1) is 14.4. The number of carbonyl (C=O) groups is 1. The van der Waals surface area contributed by atoms with E-state index in [1.165, 1.54) is 19.3 Å². The van der Waals surface area contributed by atoms with Crippen LogP contribution in [0.3, 0.4) is 0 Å². The summed E-state index contributed by atoms with van der Waals surface area (Å²) in [5.41, 5.74) is 1.02. The number of hydrogen-bond acceptors (Lipinski definition) is 3. The molecular formula is C17H23NO3. The van der Waals surface area contributed by atoms with Crippen LogP contribution in [0.1, 0.15) is 37.7 Å². The third-order valence-corrected chi connectivity index (χ3v) is 4.34. The van der Waals surface area contributed by atoms with Gasteiger partial charge in [0.05, 0.1) is 12.2 Å². The van der Waals surface area contributed by atoms with Crippen molar-refractivity contribution in [1.29, 1.82) is 0 Å². The second-order valence-electron chi connectivity index (χ2n) is 5.92. The Bertz CT molecular complexity index is 450. The van der Waals surface area contributed by atoms with Crippen molar-refractivity contribution >= 4 is 6.09 Å². The van der Waals surface area contributed by atoms with Crippen molar-refractivity contribution < 1.29 is 14.3 Å². The molecule has 114 valence electrons. The lowest BCUT2D eigenvalue weighted by Gasteiger charge is -2.35. The first-order valence-electron chi connectivity index (χ1n) is 7.92. The van der Waals surface area contributed by atoms with Crippen molar-refractivity contribution in [2.24, 2.45) is 0 Å². The monoisotopic (exact) mass is 289 g/mol. The van der Waals surface area contributed by atoms with Crippen LogP contribution in [-0.4, -0.2) is 36.3 Å². The molecule has 1 aromatic rings. The molecule has 1 aromatic carbocycles. The van der Waals surface area contributed by atoms with Gasteiger partial charge in [-0.25, -0.2) is 4.79 Å². The minimum Gasteiger partial charge on any atom is -0.445 e. The molecule has 0 bridgehead atoms. The predicted molar refractivity (Wildman–Crippen MR) is 79.9 cm³/mol. The Morgan fingerprint density at radius 2 is 1.71 bits per heavy atom. The topological polar surface area (TPSA) is 38.8 Å². The van der Waals surface area contributed by atoms with Gasteiger partial charge in [-0.05, 0) is 37.7 Å². The molecule has 0 unspecified atom stereocenters. The largest absolute Gasteiger partial charge is 0.445 e. The standard InChI is InChI=1S/C17H23NO3/c19-17(20-13-14-5-2-1-3-6-14)18-11-9-16(10-12-18)21-15-7-4-8-15/h1-3,5-6,15-16H,4,7-13H2. The smallest absolute Gasteiger partial charge is 0.410 e. The van der Waals surface area contributed by atoms with Gasteiger partial charge < -0.3 is 14.4 Å². The maximum atomic E-state index is 12.0. The molecule has 1 aliphatic heterocycles. The summed E-state index contributed by atoms with van der Waals surface area (Å²) in [4.78, 5) is 13.8. The molecule has 0 radical (unpaired) electrons. The van der Waals surface area contributed by atoms with Crippen molar-refractivity contribution in [3.8, 4) is 0 Å². The van der Waals surface area contributed by atoms with E-state index >= 15 is 0 Å². The highest BCUT2D eigenvalue weighted by Gasteiger charge is 2.28. The molecule has 1 aliphatic carbocycles. The fourth-order valence-electron chi connectivity index (χ4n) is 2.76. The number of amides is 1. The molecular weight excluding hydrogens is 266 g/mol. The van der Waals surface area contributed by atoms with Crippen molar-refractivity contribution in [3.63, 3.8) is 0 Å². The van der Waals surface area contributed by atoms with Crippen LogP contribution in [0, 0.1) is 0 Å². The molecule has 4 nitrogen and oxygen atoms in total. The quantitative estimate of drug-likeness (QED) is 0.853. The summed E-state index contributed by atoms with van der Waals surface area (Å²) in [6, 6.07) is 9.79. The molecule has 1 amide bonds. The molecule has 3 rings (SSSR count). The highest BCUT2D eigenvalue weighted by atomic mass is 16.6. The fourth-order valence-corrected chi connectivity index (χ4v) is 2.76. The molecule has 0 N–H and O–H groups in total. The van der Waals surface area contributed by atoms with Gasteiger partial charge in [-0.15, -0.1) is 0 Å². The molecule has 2 aliphatic rings. The maximum absolute atomic E-state index is 12.0. The van der Waals surface area contributed by atoms with Crippen LogP contribution in [0.4, 0.5) is 4.79 Å². The molecule has 1 saturated carbocycles. The third-order valence-electron chi connectivity index (χ3n) is 4.34. The van der Waals surface area contributed by atoms with Crippen LogP contribution >= 0.6 is 0 Å². The van der Waals surface area contributed by atoms with Gasteiger partial charge in [0, 0.05) is 13.1 Å². The average molecular weight is 289 g/mol. The zero-order valence-electron chi connectivity index (χ0n) is 12.4. The third kappa shape index (κ3) is 3.97. The van der Waals surface area contributed by atoms with Crippen LogP contribution in [0.25, 0.3) is 0 Å². The Morgan fingerprint density at radius 3 is 2.33 bits per heavy atom. The minimum absolute atomic E-state index is 0.207. The first-order chi connectivity index (χ1) is 10.3. The van der Waals surface area contributed by atoms with Gasteiger partial charge in [0.15, 0.2) is 0 Å². The Kier molecular flexibility index (Phi) is 4.76. The van der Waals surface area contributed by atoms with E-state index in [1.807, 2.05) is 30.3 Å². The second kappa shape index (κ2) is 6.94. The minimum atomic E-state index is -0.207. The number of carbonyl (C=O) groups excluding carboxylic acids is 1. The zero-order valence-corrected chi connectivity index (χ0v) is 12.4. The number of likely N-dealkylation sites (tertiary alicyclic amines) is 1. The highest BCUT2D eigenvalue weighted by molar-refractivity contribution is 5.67. The Hall–Kier alpha value is -1.55. The number of benzene rings is 1. The van der Waals surface area contributed by atoms with Crippen molar-refractivity contribution in [2.45, 2.75) is 50.9 Å². The van der Waals surface area contributed by atoms with Crippen molar-refractivity contribution in [1.82, 2.24) is 4.90 Å². The lowest BCUT2D eigenvalue weighted by Crippen LogP contribution is -2.42. The molecule has 2 fully saturated rings. The van der Waals surface area contributed by atoms with Gasteiger partial charge in [-0.3, -0.25) is 0 Å². The van der Waals surface area contributed by atoms with E-state index in [0.29, 0.717) is 18.8 Å². The van der Waals surface area contributed by atoms with E-state index in [1.54, 1.807) is 4.90 Å². The molecule has 4 heteroatoms. The van der Waals surface area contributed by atoms with E-state index in [0.717, 1.165) is 31.5 Å². The van der Waals surface area contributed by atoms with Gasteiger partial charge >= 0.3 is 6.09 Å². The van der Waals surface area contributed by atoms with Gasteiger partial charge in [0.2, 0.25) is 0 Å². The molecule has 1 heterocycles. The van der Waals surface area contributed by atoms with Gasteiger partial charge in [-0.2, -0.15) is 0 Å². The van der Waals surface area contributed by atoms with E-state index in [9.17, 15) is 4.79 Å². The summed E-state index contributed by atoms with van der Waals surface area (Å²) >= 11 is 0. The zero-order chi connectivity index (χ0) is 14.5. The van der Waals surface area contributed by atoms with Crippen molar-refractivity contribution in [3.05, 3.63) is 35.9 Å². The number of hydrogen-bond donors (Lipinski definition) is 0. The molecule has 0 atom stereocenters. The molecule has 1 saturated heterocycles. The van der Waals surface area contributed by atoms with Crippen LogP contribution in [0.2, 0.25) is 0 Å². The first-order valence-corrected chi connectivity index (χ1v) is 7.92. The van der Waals surface area contributed by atoms with Crippen LogP contribution in [0.5, 0.6) is 0 Å². The maximum Gasteiger partial charge on any atom is 0.410 e. The van der Waals surface area contributed by atoms with Crippen LogP contribution < -0.4 is 0 Å². The summed E-state index contributed by atoms with van der Waals surface area (Å²) in [5.74, 6) is 0. The summed E-state index contributed by atoms with van der Waals surface area (Å²) in [7, 11) is 0.